The fraction of sp³-hybridized carbons (Fsp3) is 0.300. The van der Waals surface area contributed by atoms with Crippen molar-refractivity contribution >= 4 is 17.7 Å². The number of nitrogens with zero attached hydrogens (tertiary/aromatic N) is 1. The van der Waals surface area contributed by atoms with Gasteiger partial charge >= 0.3 is 5.97 Å². The van der Waals surface area contributed by atoms with Gasteiger partial charge in [0.2, 0.25) is 0 Å². The van der Waals surface area contributed by atoms with Crippen molar-refractivity contribution in [1.82, 2.24) is 0 Å². The molecule has 0 saturated heterocycles. The molecule has 188 valence electrons. The molecule has 3 aromatic carbocycles. The Labute approximate surface area is 212 Å². The summed E-state index contributed by atoms with van der Waals surface area (Å²) >= 11 is 0. The Morgan fingerprint density at radius 1 is 1.00 bits per heavy atom. The third-order valence-electron chi connectivity index (χ3n) is 6.20. The van der Waals surface area contributed by atoms with E-state index in [0.717, 1.165) is 45.9 Å². The van der Waals surface area contributed by atoms with E-state index in [4.69, 9.17) is 14.2 Å². The molecule has 1 heterocycles. The van der Waals surface area contributed by atoms with E-state index < -0.39 is 5.97 Å². The third-order valence-corrected chi connectivity index (χ3v) is 6.20. The molecule has 1 aliphatic heterocycles. The van der Waals surface area contributed by atoms with Crippen molar-refractivity contribution in [3.63, 3.8) is 0 Å². The van der Waals surface area contributed by atoms with E-state index in [1.807, 2.05) is 55.5 Å². The van der Waals surface area contributed by atoms with Crippen molar-refractivity contribution in [2.24, 2.45) is 0 Å². The number of carboxylic acids is 1. The van der Waals surface area contributed by atoms with Crippen LogP contribution in [-0.2, 0) is 16.1 Å². The van der Waals surface area contributed by atoms with Crippen LogP contribution in [0.4, 0.5) is 5.69 Å². The number of benzene rings is 3. The van der Waals surface area contributed by atoms with E-state index in [1.165, 1.54) is 0 Å². The summed E-state index contributed by atoms with van der Waals surface area (Å²) < 4.78 is 16.7. The molecule has 1 N–H and O–H groups in total. The SMILES string of the molecule is CCCOC(C)Oc1ccc(-c2ccc3c(c2)C=C(C(=O)O)CCN3Cc2ccc(OC)cc2)cc1. The quantitative estimate of drug-likeness (QED) is 0.334. The number of hydrogen-bond donors (Lipinski definition) is 1. The highest BCUT2D eigenvalue weighted by atomic mass is 16.7. The zero-order valence-electron chi connectivity index (χ0n) is 21.1. The highest BCUT2D eigenvalue weighted by Crippen LogP contribution is 2.34. The molecule has 6 nitrogen and oxygen atoms in total. The van der Waals surface area contributed by atoms with Crippen LogP contribution in [0.2, 0.25) is 0 Å². The lowest BCUT2D eigenvalue weighted by molar-refractivity contribution is -0.132. The molecule has 0 aromatic heterocycles. The standard InChI is InChI=1S/C30H33NO5/c1-4-17-35-21(2)36-28-12-7-23(8-13-28)24-9-14-29-26(18-24)19-25(30(32)33)15-16-31(29)20-22-5-10-27(34-3)11-6-22/h5-14,18-19,21H,4,15-17,20H2,1-3H3,(H,32,33). The van der Waals surface area contributed by atoms with Gasteiger partial charge in [-0.1, -0.05) is 37.3 Å². The summed E-state index contributed by atoms with van der Waals surface area (Å²) in [4.78, 5) is 14.1. The van der Waals surface area contributed by atoms with Crippen molar-refractivity contribution < 1.29 is 24.1 Å². The predicted octanol–water partition coefficient (Wildman–Crippen LogP) is 6.39. The largest absolute Gasteiger partial charge is 0.497 e. The lowest BCUT2D eigenvalue weighted by Crippen LogP contribution is -2.24. The van der Waals surface area contributed by atoms with Crippen LogP contribution in [0.15, 0.2) is 72.3 Å². The number of hydrogen-bond acceptors (Lipinski definition) is 5. The molecule has 3 aromatic rings. The van der Waals surface area contributed by atoms with Crippen LogP contribution in [0.1, 0.15) is 37.8 Å². The monoisotopic (exact) mass is 487 g/mol. The maximum atomic E-state index is 11.9. The zero-order chi connectivity index (χ0) is 25.5. The first-order valence-electron chi connectivity index (χ1n) is 12.3. The molecule has 4 rings (SSSR count). The average molecular weight is 488 g/mol. The number of carbonyl (C=O) groups is 1. The highest BCUT2D eigenvalue weighted by Gasteiger charge is 2.20. The molecule has 1 atom stereocenters. The van der Waals surface area contributed by atoms with Gasteiger partial charge in [-0.2, -0.15) is 0 Å². The normalized spacial score (nSPS) is 13.9. The lowest BCUT2D eigenvalue weighted by atomic mass is 10.00. The van der Waals surface area contributed by atoms with Gasteiger partial charge in [0.05, 0.1) is 13.7 Å². The minimum absolute atomic E-state index is 0.306. The van der Waals surface area contributed by atoms with Crippen LogP contribution in [-0.4, -0.2) is 37.6 Å². The average Bonchev–Trinajstić information content (AvgIpc) is 3.07. The minimum Gasteiger partial charge on any atom is -0.497 e. The highest BCUT2D eigenvalue weighted by molar-refractivity contribution is 5.94. The molecular formula is C30H33NO5. The molecule has 0 aliphatic carbocycles. The maximum Gasteiger partial charge on any atom is 0.331 e. The summed E-state index contributed by atoms with van der Waals surface area (Å²) in [7, 11) is 1.65. The Morgan fingerprint density at radius 2 is 1.69 bits per heavy atom. The topological polar surface area (TPSA) is 68.2 Å². The van der Waals surface area contributed by atoms with Gasteiger partial charge in [-0.05, 0) is 84.5 Å². The lowest BCUT2D eigenvalue weighted by Gasteiger charge is -2.25. The van der Waals surface area contributed by atoms with Crippen LogP contribution >= 0.6 is 0 Å². The smallest absolute Gasteiger partial charge is 0.331 e. The number of fused-ring (bicyclic) bond motifs is 1. The van der Waals surface area contributed by atoms with E-state index in [2.05, 4.69) is 30.0 Å². The number of aliphatic carboxylic acids is 1. The Balaban J connectivity index is 1.59. The van der Waals surface area contributed by atoms with Gasteiger partial charge in [0, 0.05) is 24.4 Å². The van der Waals surface area contributed by atoms with Gasteiger partial charge in [0.1, 0.15) is 11.5 Å². The van der Waals surface area contributed by atoms with Crippen LogP contribution in [0.25, 0.3) is 17.2 Å². The molecular weight excluding hydrogens is 454 g/mol. The zero-order valence-corrected chi connectivity index (χ0v) is 21.1. The molecule has 0 radical (unpaired) electrons. The molecule has 0 fully saturated rings. The first kappa shape index (κ1) is 25.3. The second-order valence-electron chi connectivity index (χ2n) is 8.85. The molecule has 0 spiro atoms. The fourth-order valence-electron chi connectivity index (χ4n) is 4.29. The van der Waals surface area contributed by atoms with E-state index in [9.17, 15) is 9.90 Å². The molecule has 0 saturated carbocycles. The van der Waals surface area contributed by atoms with Crippen molar-refractivity contribution in [2.45, 2.75) is 39.5 Å². The Bertz CT molecular complexity index is 1200. The molecule has 6 heteroatoms. The van der Waals surface area contributed by atoms with Crippen molar-refractivity contribution in [1.29, 1.82) is 0 Å². The Morgan fingerprint density at radius 3 is 2.36 bits per heavy atom. The second-order valence-corrected chi connectivity index (χ2v) is 8.85. The van der Waals surface area contributed by atoms with E-state index in [-0.39, 0.29) is 6.29 Å². The summed E-state index contributed by atoms with van der Waals surface area (Å²) in [6.07, 6.45) is 2.92. The second kappa shape index (κ2) is 11.8. The van der Waals surface area contributed by atoms with E-state index >= 15 is 0 Å². The molecule has 36 heavy (non-hydrogen) atoms. The summed E-state index contributed by atoms with van der Waals surface area (Å²) in [5.74, 6) is 0.684. The summed E-state index contributed by atoms with van der Waals surface area (Å²) in [5.41, 5.74) is 5.52. The number of ether oxygens (including phenoxy) is 3. The summed E-state index contributed by atoms with van der Waals surface area (Å²) in [6, 6.07) is 22.1. The van der Waals surface area contributed by atoms with Gasteiger partial charge in [-0.3, -0.25) is 0 Å². The van der Waals surface area contributed by atoms with Gasteiger partial charge < -0.3 is 24.2 Å². The van der Waals surface area contributed by atoms with Crippen molar-refractivity contribution in [2.75, 3.05) is 25.2 Å². The summed E-state index contributed by atoms with van der Waals surface area (Å²) in [5, 5.41) is 9.74. The summed E-state index contributed by atoms with van der Waals surface area (Å²) in [6.45, 7) is 5.92. The first-order valence-corrected chi connectivity index (χ1v) is 12.3. The number of rotatable bonds is 10. The van der Waals surface area contributed by atoms with Crippen LogP contribution < -0.4 is 14.4 Å². The Hall–Kier alpha value is -3.77. The van der Waals surface area contributed by atoms with E-state index in [1.54, 1.807) is 13.2 Å². The van der Waals surface area contributed by atoms with Crippen LogP contribution in [0.3, 0.4) is 0 Å². The molecule has 0 bridgehead atoms. The van der Waals surface area contributed by atoms with Gasteiger partial charge in [0.15, 0.2) is 6.29 Å². The molecule has 1 unspecified atom stereocenters. The fourth-order valence-corrected chi connectivity index (χ4v) is 4.29. The van der Waals surface area contributed by atoms with E-state index in [0.29, 0.717) is 31.7 Å². The molecule has 1 aliphatic rings. The minimum atomic E-state index is -0.876. The first-order chi connectivity index (χ1) is 17.5. The predicted molar refractivity (Wildman–Crippen MR) is 142 cm³/mol. The third kappa shape index (κ3) is 6.26. The van der Waals surface area contributed by atoms with Crippen LogP contribution in [0.5, 0.6) is 11.5 Å². The number of methoxy groups -OCH3 is 1. The maximum absolute atomic E-state index is 11.9. The van der Waals surface area contributed by atoms with Crippen LogP contribution in [0, 0.1) is 0 Å². The van der Waals surface area contributed by atoms with Crippen molar-refractivity contribution in [3.8, 4) is 22.6 Å². The Kier molecular flexibility index (Phi) is 8.28. The van der Waals surface area contributed by atoms with Crippen molar-refractivity contribution in [3.05, 3.63) is 83.4 Å². The van der Waals surface area contributed by atoms with Gasteiger partial charge in [-0.25, -0.2) is 4.79 Å². The number of carboxylic acid groups (broad SMARTS) is 1. The molecule has 0 amide bonds. The van der Waals surface area contributed by atoms with Gasteiger partial charge in [-0.15, -0.1) is 0 Å². The van der Waals surface area contributed by atoms with Gasteiger partial charge in [0.25, 0.3) is 0 Å². The number of anilines is 1.